The minimum absolute atomic E-state index is 0.176. The lowest BCUT2D eigenvalue weighted by atomic mass is 10.3. The van der Waals surface area contributed by atoms with E-state index in [4.69, 9.17) is 0 Å². The van der Waals surface area contributed by atoms with Crippen LogP contribution in [0.5, 0.6) is 0 Å². The smallest absolute Gasteiger partial charge is 0.440 e. The largest absolute Gasteiger partial charge is 0.495 e. The number of alkyl halides is 8. The number of carbonyl (C=O) groups is 1. The molecule has 0 spiro atoms. The van der Waals surface area contributed by atoms with E-state index >= 15 is 0 Å². The lowest BCUT2D eigenvalue weighted by Gasteiger charge is -2.25. The van der Waals surface area contributed by atoms with Crippen molar-refractivity contribution < 1.29 is 58.5 Å². The molecule has 0 aromatic carbocycles. The molecule has 152 valence electrons. The predicted octanol–water partition coefficient (Wildman–Crippen LogP) is 5.02. The van der Waals surface area contributed by atoms with E-state index in [1.807, 2.05) is 0 Å². The fourth-order valence-corrected chi connectivity index (χ4v) is 0.951. The first-order chi connectivity index (χ1) is 11.1. The molecule has 0 amide bonds. The van der Waals surface area contributed by atoms with Gasteiger partial charge in [0, 0.05) is 6.42 Å². The van der Waals surface area contributed by atoms with Crippen molar-refractivity contribution in [3.05, 3.63) is 0 Å². The summed E-state index contributed by atoms with van der Waals surface area (Å²) in [5.41, 5.74) is 0. The number of rotatable bonds is 8. The van der Waals surface area contributed by atoms with Crippen molar-refractivity contribution in [2.75, 3.05) is 19.8 Å². The Morgan fingerprint density at radius 2 is 1.52 bits per heavy atom. The van der Waals surface area contributed by atoms with Gasteiger partial charge in [0.25, 0.3) is 0 Å². The Labute approximate surface area is 137 Å². The second-order valence-corrected chi connectivity index (χ2v) is 4.36. The van der Waals surface area contributed by atoms with Crippen molar-refractivity contribution in [2.24, 2.45) is 0 Å². The summed E-state index contributed by atoms with van der Waals surface area (Å²) in [6.45, 7) is -0.790. The van der Waals surface area contributed by atoms with E-state index in [-0.39, 0.29) is 6.61 Å². The Bertz CT molecular complexity index is 369. The highest BCUT2D eigenvalue weighted by atomic mass is 19.4. The van der Waals surface area contributed by atoms with Crippen molar-refractivity contribution in [3.8, 4) is 0 Å². The van der Waals surface area contributed by atoms with Gasteiger partial charge in [-0.25, -0.2) is 4.79 Å². The third kappa shape index (κ3) is 17.4. The number of halogens is 9. The summed E-state index contributed by atoms with van der Waals surface area (Å²) in [5.74, 6) is 0. The van der Waals surface area contributed by atoms with Crippen molar-refractivity contribution in [1.29, 1.82) is 0 Å². The van der Waals surface area contributed by atoms with Crippen LogP contribution < -0.4 is 0 Å². The molecule has 0 rings (SSSR count). The normalized spacial score (nSPS) is 13.7. The molecular weight excluding hydrogens is 379 g/mol. The molecule has 0 saturated carbocycles. The van der Waals surface area contributed by atoms with Gasteiger partial charge < -0.3 is 14.2 Å². The van der Waals surface area contributed by atoms with Gasteiger partial charge in [0.2, 0.25) is 0 Å². The second-order valence-electron chi connectivity index (χ2n) is 4.36. The van der Waals surface area contributed by atoms with Gasteiger partial charge in [-0.15, -0.1) is 4.39 Å². The van der Waals surface area contributed by atoms with Gasteiger partial charge in [0.1, 0.15) is 6.61 Å². The summed E-state index contributed by atoms with van der Waals surface area (Å²) in [5, 5.41) is 0. The molecular formula is C12H17F9O4. The SMILES string of the molecule is CCC(F)(F)OC(COCC(F)(F)F)C(F)(F)F.CCCOC(=O)F. The van der Waals surface area contributed by atoms with Crippen LogP contribution in [0.25, 0.3) is 0 Å². The highest BCUT2D eigenvalue weighted by Gasteiger charge is 2.47. The zero-order chi connectivity index (χ0) is 20.3. The molecule has 0 radical (unpaired) electrons. The molecule has 1 atom stereocenters. The van der Waals surface area contributed by atoms with Crippen LogP contribution in [-0.4, -0.2) is 50.6 Å². The maximum atomic E-state index is 12.6. The third-order valence-corrected chi connectivity index (χ3v) is 2.05. The van der Waals surface area contributed by atoms with Crippen LogP contribution >= 0.6 is 0 Å². The standard InChI is InChI=1S/C8H10F8O2.C4H7FO2/c1-2-7(12,13)18-5(8(14,15)16)3-17-4-6(9,10)11;1-2-3-7-4(5)6/h5H,2-4H2,1H3;2-3H2,1H3. The van der Waals surface area contributed by atoms with Crippen LogP contribution in [0.4, 0.5) is 44.3 Å². The van der Waals surface area contributed by atoms with Gasteiger partial charge in [-0.2, -0.15) is 35.1 Å². The van der Waals surface area contributed by atoms with Crippen LogP contribution in [0.3, 0.4) is 0 Å². The second kappa shape index (κ2) is 11.4. The van der Waals surface area contributed by atoms with Gasteiger partial charge in [0.15, 0.2) is 6.10 Å². The highest BCUT2D eigenvalue weighted by molar-refractivity contribution is 5.57. The molecule has 13 heteroatoms. The van der Waals surface area contributed by atoms with Crippen LogP contribution in [0, 0.1) is 0 Å². The summed E-state index contributed by atoms with van der Waals surface area (Å²) >= 11 is 0. The molecule has 0 saturated heterocycles. The van der Waals surface area contributed by atoms with Crippen molar-refractivity contribution in [2.45, 2.75) is 51.3 Å². The van der Waals surface area contributed by atoms with E-state index in [1.165, 1.54) is 0 Å². The summed E-state index contributed by atoms with van der Waals surface area (Å²) in [6.07, 6.45) is -19.4. The van der Waals surface area contributed by atoms with Crippen molar-refractivity contribution in [3.63, 3.8) is 0 Å². The van der Waals surface area contributed by atoms with E-state index in [0.29, 0.717) is 6.42 Å². The molecule has 0 N–H and O–H groups in total. The van der Waals surface area contributed by atoms with Gasteiger partial charge >= 0.3 is 24.7 Å². The maximum absolute atomic E-state index is 12.6. The monoisotopic (exact) mass is 396 g/mol. The molecule has 25 heavy (non-hydrogen) atoms. The Hall–Kier alpha value is -1.24. The molecule has 1 unspecified atom stereocenters. The molecule has 0 aliphatic rings. The summed E-state index contributed by atoms with van der Waals surface area (Å²) in [7, 11) is 0. The lowest BCUT2D eigenvalue weighted by molar-refractivity contribution is -0.335. The summed E-state index contributed by atoms with van der Waals surface area (Å²) in [4.78, 5) is 9.31. The van der Waals surface area contributed by atoms with E-state index in [1.54, 1.807) is 6.92 Å². The maximum Gasteiger partial charge on any atom is 0.495 e. The van der Waals surface area contributed by atoms with Gasteiger partial charge in [-0.1, -0.05) is 13.8 Å². The summed E-state index contributed by atoms with van der Waals surface area (Å²) < 4.78 is 119. The van der Waals surface area contributed by atoms with Crippen LogP contribution in [0.15, 0.2) is 0 Å². The minimum atomic E-state index is -5.25. The zero-order valence-electron chi connectivity index (χ0n) is 13.1. The quantitative estimate of drug-likeness (QED) is 0.427. The van der Waals surface area contributed by atoms with E-state index in [9.17, 15) is 44.3 Å². The topological polar surface area (TPSA) is 44.8 Å². The van der Waals surface area contributed by atoms with Crippen molar-refractivity contribution in [1.82, 2.24) is 0 Å². The molecule has 0 bridgehead atoms. The number of hydrogen-bond donors (Lipinski definition) is 0. The number of carbonyl (C=O) groups excluding carboxylic acids is 1. The molecule has 0 aliphatic heterocycles. The van der Waals surface area contributed by atoms with Gasteiger partial charge in [-0.05, 0) is 6.42 Å². The van der Waals surface area contributed by atoms with E-state index in [2.05, 4.69) is 14.2 Å². The Kier molecular flexibility index (Phi) is 11.8. The van der Waals surface area contributed by atoms with Gasteiger partial charge in [-0.3, -0.25) is 0 Å². The van der Waals surface area contributed by atoms with Crippen molar-refractivity contribution >= 4 is 6.22 Å². The molecule has 0 aromatic rings. The molecule has 0 fully saturated rings. The molecule has 0 aromatic heterocycles. The van der Waals surface area contributed by atoms with E-state index in [0.717, 1.165) is 6.92 Å². The molecule has 0 heterocycles. The predicted molar refractivity (Wildman–Crippen MR) is 65.8 cm³/mol. The number of hydrogen-bond acceptors (Lipinski definition) is 4. The molecule has 0 aliphatic carbocycles. The first-order valence-electron chi connectivity index (χ1n) is 6.73. The number of ether oxygens (including phenoxy) is 3. The van der Waals surface area contributed by atoms with Crippen LogP contribution in [-0.2, 0) is 14.2 Å². The third-order valence-electron chi connectivity index (χ3n) is 2.05. The Morgan fingerprint density at radius 3 is 1.80 bits per heavy atom. The average molecular weight is 396 g/mol. The molecule has 4 nitrogen and oxygen atoms in total. The fourth-order valence-electron chi connectivity index (χ4n) is 0.951. The van der Waals surface area contributed by atoms with Crippen LogP contribution in [0.2, 0.25) is 0 Å². The average Bonchev–Trinajstić information content (AvgIpc) is 2.42. The lowest BCUT2D eigenvalue weighted by Crippen LogP contribution is -2.42. The Morgan fingerprint density at radius 1 is 1.00 bits per heavy atom. The first-order valence-corrected chi connectivity index (χ1v) is 6.73. The first kappa shape index (κ1) is 26.0. The summed E-state index contributed by atoms with van der Waals surface area (Å²) in [6, 6.07) is 0. The zero-order valence-corrected chi connectivity index (χ0v) is 13.1. The van der Waals surface area contributed by atoms with E-state index < -0.39 is 50.4 Å². The van der Waals surface area contributed by atoms with Crippen LogP contribution in [0.1, 0.15) is 26.7 Å². The Balaban J connectivity index is 0. The minimum Gasteiger partial charge on any atom is -0.440 e. The highest BCUT2D eigenvalue weighted by Crippen LogP contribution is 2.30. The fraction of sp³-hybridized carbons (Fsp3) is 0.917. The van der Waals surface area contributed by atoms with Gasteiger partial charge in [0.05, 0.1) is 13.2 Å².